The maximum atomic E-state index is 12.0. The first-order valence-corrected chi connectivity index (χ1v) is 10.1. The summed E-state index contributed by atoms with van der Waals surface area (Å²) in [5.41, 5.74) is 8.20. The number of morpholine rings is 1. The van der Waals surface area contributed by atoms with Gasteiger partial charge in [0.1, 0.15) is 11.5 Å². The summed E-state index contributed by atoms with van der Waals surface area (Å²) in [7, 11) is 0. The highest BCUT2D eigenvalue weighted by atomic mass is 16.5. The van der Waals surface area contributed by atoms with Crippen molar-refractivity contribution in [2.45, 2.75) is 19.8 Å². The number of phenols is 2. The predicted octanol–water partition coefficient (Wildman–Crippen LogP) is 2.40. The van der Waals surface area contributed by atoms with Gasteiger partial charge in [-0.2, -0.15) is 0 Å². The molecule has 1 aliphatic heterocycles. The van der Waals surface area contributed by atoms with E-state index in [1.54, 1.807) is 6.07 Å². The Morgan fingerprint density at radius 1 is 1.03 bits per heavy atom. The molecule has 31 heavy (non-hydrogen) atoms. The van der Waals surface area contributed by atoms with E-state index in [4.69, 9.17) is 10.5 Å². The van der Waals surface area contributed by atoms with Crippen LogP contribution in [0.3, 0.4) is 0 Å². The lowest BCUT2D eigenvalue weighted by Crippen LogP contribution is -2.36. The fourth-order valence-electron chi connectivity index (χ4n) is 3.73. The third kappa shape index (κ3) is 3.91. The first-order chi connectivity index (χ1) is 14.9. The van der Waals surface area contributed by atoms with Gasteiger partial charge in [-0.3, -0.25) is 9.36 Å². The van der Waals surface area contributed by atoms with E-state index in [1.165, 1.54) is 10.6 Å². The second kappa shape index (κ2) is 8.27. The van der Waals surface area contributed by atoms with Crippen molar-refractivity contribution in [2.24, 2.45) is 5.73 Å². The normalized spacial score (nSPS) is 14.2. The quantitative estimate of drug-likeness (QED) is 0.575. The highest BCUT2D eigenvalue weighted by Crippen LogP contribution is 2.38. The third-order valence-electron chi connectivity index (χ3n) is 5.38. The Labute approximate surface area is 179 Å². The molecule has 0 spiro atoms. The highest BCUT2D eigenvalue weighted by molar-refractivity contribution is 5.91. The Hall–Kier alpha value is -3.59. The number of hydrogen-bond donors (Lipinski definition) is 3. The number of carbonyl (C=O) groups is 1. The van der Waals surface area contributed by atoms with E-state index in [1.807, 2.05) is 38.1 Å². The van der Waals surface area contributed by atoms with Crippen LogP contribution in [0.5, 0.6) is 11.5 Å². The minimum Gasteiger partial charge on any atom is -0.508 e. The lowest BCUT2D eigenvalue weighted by molar-refractivity contribution is 0.0988. The molecule has 1 fully saturated rings. The molecule has 2 heterocycles. The van der Waals surface area contributed by atoms with Crippen LogP contribution in [0, 0.1) is 0 Å². The molecule has 3 aromatic rings. The van der Waals surface area contributed by atoms with E-state index in [0.717, 1.165) is 18.8 Å². The first-order valence-electron chi connectivity index (χ1n) is 10.1. The SMILES string of the molecule is CC(C)c1cc(-c2nnc(C(N)=O)n2-c2ccc(N3CCOCC3)cc2)c(O)cc1O. The first kappa shape index (κ1) is 20.7. The molecule has 1 saturated heterocycles. The summed E-state index contributed by atoms with van der Waals surface area (Å²) in [6.45, 7) is 6.84. The highest BCUT2D eigenvalue weighted by Gasteiger charge is 2.23. The van der Waals surface area contributed by atoms with Gasteiger partial charge in [-0.05, 0) is 41.8 Å². The lowest BCUT2D eigenvalue weighted by Gasteiger charge is -2.29. The minimum atomic E-state index is -0.738. The number of nitrogens with two attached hydrogens (primary N) is 1. The third-order valence-corrected chi connectivity index (χ3v) is 5.38. The summed E-state index contributed by atoms with van der Waals surface area (Å²) in [6.07, 6.45) is 0. The zero-order valence-corrected chi connectivity index (χ0v) is 17.4. The number of hydrogen-bond acceptors (Lipinski definition) is 7. The molecular weight excluding hydrogens is 398 g/mol. The fraction of sp³-hybridized carbons (Fsp3) is 0.318. The number of ether oxygens (including phenoxy) is 1. The smallest absolute Gasteiger partial charge is 0.287 e. The Bertz CT molecular complexity index is 1100. The molecule has 1 amide bonds. The molecule has 9 heteroatoms. The van der Waals surface area contributed by atoms with E-state index in [2.05, 4.69) is 15.1 Å². The van der Waals surface area contributed by atoms with Crippen molar-refractivity contribution < 1.29 is 19.7 Å². The van der Waals surface area contributed by atoms with Gasteiger partial charge in [0.15, 0.2) is 5.82 Å². The Morgan fingerprint density at radius 2 is 1.68 bits per heavy atom. The Morgan fingerprint density at radius 3 is 2.29 bits per heavy atom. The molecule has 0 saturated carbocycles. The van der Waals surface area contributed by atoms with Gasteiger partial charge in [0.2, 0.25) is 5.82 Å². The molecule has 1 aromatic heterocycles. The summed E-state index contributed by atoms with van der Waals surface area (Å²) in [6, 6.07) is 10.5. The topological polar surface area (TPSA) is 127 Å². The van der Waals surface area contributed by atoms with Crippen LogP contribution in [0.1, 0.15) is 35.9 Å². The molecule has 4 rings (SSSR count). The van der Waals surface area contributed by atoms with Crippen LogP contribution in [0.15, 0.2) is 36.4 Å². The molecule has 4 N–H and O–H groups in total. The van der Waals surface area contributed by atoms with E-state index < -0.39 is 5.91 Å². The maximum absolute atomic E-state index is 12.0. The number of aromatic nitrogens is 3. The predicted molar refractivity (Wildman–Crippen MR) is 116 cm³/mol. The number of amides is 1. The van der Waals surface area contributed by atoms with Crippen molar-refractivity contribution in [1.29, 1.82) is 0 Å². The van der Waals surface area contributed by atoms with Crippen LogP contribution >= 0.6 is 0 Å². The number of carbonyl (C=O) groups excluding carboxylic acids is 1. The van der Waals surface area contributed by atoms with Crippen molar-refractivity contribution >= 4 is 11.6 Å². The summed E-state index contributed by atoms with van der Waals surface area (Å²) in [5.74, 6) is -0.693. The maximum Gasteiger partial charge on any atom is 0.287 e. The molecule has 0 unspecified atom stereocenters. The van der Waals surface area contributed by atoms with Crippen molar-refractivity contribution in [1.82, 2.24) is 14.8 Å². The summed E-state index contributed by atoms with van der Waals surface area (Å²) >= 11 is 0. The van der Waals surface area contributed by atoms with Crippen LogP contribution in [0.25, 0.3) is 17.1 Å². The van der Waals surface area contributed by atoms with Gasteiger partial charge in [-0.25, -0.2) is 0 Å². The average Bonchev–Trinajstić information content (AvgIpc) is 3.19. The summed E-state index contributed by atoms with van der Waals surface area (Å²) in [5, 5.41) is 28.8. The Balaban J connectivity index is 1.81. The number of phenolic OH excluding ortho intramolecular Hbond substituents is 2. The van der Waals surface area contributed by atoms with Gasteiger partial charge in [0.25, 0.3) is 5.91 Å². The summed E-state index contributed by atoms with van der Waals surface area (Å²) in [4.78, 5) is 14.3. The van der Waals surface area contributed by atoms with E-state index in [-0.39, 0.29) is 29.1 Å². The average molecular weight is 423 g/mol. The van der Waals surface area contributed by atoms with Gasteiger partial charge in [-0.15, -0.1) is 10.2 Å². The van der Waals surface area contributed by atoms with Gasteiger partial charge in [-0.1, -0.05) is 13.8 Å². The minimum absolute atomic E-state index is 0.00713. The number of aromatic hydroxyl groups is 2. The van der Waals surface area contributed by atoms with Gasteiger partial charge in [0.05, 0.1) is 18.8 Å². The Kier molecular flexibility index (Phi) is 5.51. The van der Waals surface area contributed by atoms with E-state index >= 15 is 0 Å². The van der Waals surface area contributed by atoms with Gasteiger partial charge < -0.3 is 25.6 Å². The molecular formula is C22H25N5O4. The van der Waals surface area contributed by atoms with Crippen LogP contribution in [-0.4, -0.2) is 57.2 Å². The molecule has 0 radical (unpaired) electrons. The standard InChI is InChI=1S/C22H25N5O4/c1-13(2)16-11-17(19(29)12-18(16)28)21-24-25-22(20(23)30)27(21)15-5-3-14(4-6-15)26-7-9-31-10-8-26/h3-6,11-13,28-29H,7-10H2,1-2H3,(H2,23,30). The van der Waals surface area contributed by atoms with Crippen LogP contribution < -0.4 is 10.6 Å². The van der Waals surface area contributed by atoms with Crippen molar-refractivity contribution in [3.8, 4) is 28.6 Å². The van der Waals surface area contributed by atoms with Crippen LogP contribution in [0.2, 0.25) is 0 Å². The van der Waals surface area contributed by atoms with Gasteiger partial charge in [0, 0.05) is 30.5 Å². The van der Waals surface area contributed by atoms with Gasteiger partial charge >= 0.3 is 0 Å². The van der Waals surface area contributed by atoms with Crippen LogP contribution in [-0.2, 0) is 4.74 Å². The number of nitrogens with zero attached hydrogens (tertiary/aromatic N) is 4. The molecule has 0 aliphatic carbocycles. The largest absolute Gasteiger partial charge is 0.508 e. The van der Waals surface area contributed by atoms with Crippen LogP contribution in [0.4, 0.5) is 5.69 Å². The zero-order chi connectivity index (χ0) is 22.1. The molecule has 1 aliphatic rings. The molecule has 162 valence electrons. The molecule has 2 aromatic carbocycles. The van der Waals surface area contributed by atoms with Crippen molar-refractivity contribution in [3.63, 3.8) is 0 Å². The number of rotatable bonds is 5. The molecule has 0 bridgehead atoms. The number of benzene rings is 2. The number of anilines is 1. The zero-order valence-electron chi connectivity index (χ0n) is 17.4. The van der Waals surface area contributed by atoms with Crippen molar-refractivity contribution in [3.05, 3.63) is 47.8 Å². The summed E-state index contributed by atoms with van der Waals surface area (Å²) < 4.78 is 6.92. The monoisotopic (exact) mass is 423 g/mol. The number of primary amides is 1. The van der Waals surface area contributed by atoms with Crippen molar-refractivity contribution in [2.75, 3.05) is 31.2 Å². The molecule has 0 atom stereocenters. The van der Waals surface area contributed by atoms with E-state index in [9.17, 15) is 15.0 Å². The second-order valence-electron chi connectivity index (χ2n) is 7.75. The lowest BCUT2D eigenvalue weighted by atomic mass is 9.98. The fourth-order valence-corrected chi connectivity index (χ4v) is 3.73. The van der Waals surface area contributed by atoms with E-state index in [0.29, 0.717) is 30.0 Å². The second-order valence-corrected chi connectivity index (χ2v) is 7.75. The molecule has 9 nitrogen and oxygen atoms in total.